The number of rotatable bonds is 6. The number of carbonyl (C=O) groups is 2. The Hall–Kier alpha value is -2.55. The third kappa shape index (κ3) is 4.16. The number of nitrogens with one attached hydrogen (secondary N) is 1. The van der Waals surface area contributed by atoms with Crippen molar-refractivity contribution in [1.29, 1.82) is 0 Å². The van der Waals surface area contributed by atoms with E-state index in [4.69, 9.17) is 5.11 Å². The van der Waals surface area contributed by atoms with Crippen molar-refractivity contribution in [2.24, 2.45) is 13.0 Å². The summed E-state index contributed by atoms with van der Waals surface area (Å²) in [7, 11) is 1.58. The Bertz CT molecular complexity index is 916. The normalized spacial score (nSPS) is 12.0. The van der Waals surface area contributed by atoms with Crippen LogP contribution in [-0.4, -0.2) is 38.3 Å². The summed E-state index contributed by atoms with van der Waals surface area (Å²) < 4.78 is 1.27. The lowest BCUT2D eigenvalue weighted by Crippen LogP contribution is -2.29. The van der Waals surface area contributed by atoms with E-state index < -0.39 is 5.97 Å². The van der Waals surface area contributed by atoms with E-state index in [9.17, 15) is 14.4 Å². The van der Waals surface area contributed by atoms with Crippen LogP contribution in [0.15, 0.2) is 4.79 Å². The van der Waals surface area contributed by atoms with Gasteiger partial charge in [0.05, 0.1) is 17.0 Å². The zero-order chi connectivity index (χ0) is 19.6. The molecule has 2 aromatic heterocycles. The van der Waals surface area contributed by atoms with E-state index in [1.54, 1.807) is 20.9 Å². The van der Waals surface area contributed by atoms with Gasteiger partial charge >= 0.3 is 5.97 Å². The van der Waals surface area contributed by atoms with E-state index in [-0.39, 0.29) is 30.3 Å². The topological polar surface area (TPSA) is 114 Å². The lowest BCUT2D eigenvalue weighted by atomic mass is 10.1. The molecule has 1 amide bonds. The second kappa shape index (κ2) is 7.77. The average Bonchev–Trinajstić information content (AvgIpc) is 2.92. The third-order valence-electron chi connectivity index (χ3n) is 4.08. The minimum Gasteiger partial charge on any atom is -0.481 e. The molecule has 140 valence electrons. The lowest BCUT2D eigenvalue weighted by Gasteiger charge is -2.09. The van der Waals surface area contributed by atoms with Crippen molar-refractivity contribution in [2.45, 2.75) is 34.1 Å². The highest BCUT2D eigenvalue weighted by Crippen LogP contribution is 2.28. The molecule has 26 heavy (non-hydrogen) atoms. The predicted octanol–water partition coefficient (Wildman–Crippen LogP) is 1.67. The molecule has 2 rings (SSSR count). The van der Waals surface area contributed by atoms with Gasteiger partial charge in [0.1, 0.15) is 9.88 Å². The van der Waals surface area contributed by atoms with Gasteiger partial charge in [-0.05, 0) is 32.3 Å². The number of aromatic nitrogens is 3. The van der Waals surface area contributed by atoms with Gasteiger partial charge in [0, 0.05) is 20.0 Å². The Balaban J connectivity index is 2.29. The summed E-state index contributed by atoms with van der Waals surface area (Å²) in [6, 6.07) is 0. The third-order valence-corrected chi connectivity index (χ3v) is 5.25. The fraction of sp³-hybridized carbons (Fsp3) is 0.471. The zero-order valence-corrected chi connectivity index (χ0v) is 16.2. The minimum absolute atomic E-state index is 0.0151. The smallest absolute Gasteiger partial charge is 0.303 e. The van der Waals surface area contributed by atoms with E-state index >= 15 is 0 Å². The summed E-state index contributed by atoms with van der Waals surface area (Å²) in [5, 5.41) is 16.1. The number of hydrogen-bond acceptors (Lipinski definition) is 6. The number of amides is 1. The molecule has 2 aromatic rings. The molecule has 8 nitrogen and oxygen atoms in total. The molecule has 0 saturated heterocycles. The van der Waals surface area contributed by atoms with Gasteiger partial charge in [-0.1, -0.05) is 6.92 Å². The molecule has 0 radical (unpaired) electrons. The molecule has 9 heteroatoms. The van der Waals surface area contributed by atoms with Crippen LogP contribution < -0.4 is 10.9 Å². The summed E-state index contributed by atoms with van der Waals surface area (Å²) in [4.78, 5) is 40.4. The summed E-state index contributed by atoms with van der Waals surface area (Å²) in [6.45, 7) is 7.35. The van der Waals surface area contributed by atoms with Crippen LogP contribution in [0.1, 0.15) is 40.0 Å². The summed E-state index contributed by atoms with van der Waals surface area (Å²) >= 11 is 1.15. The highest BCUT2D eigenvalue weighted by molar-refractivity contribution is 7.17. The molecule has 0 aliphatic heterocycles. The first-order valence-corrected chi connectivity index (χ1v) is 8.95. The number of carbonyl (C=O) groups excluding carboxylic acids is 1. The molecule has 2 N–H and O–H groups in total. The molecule has 1 atom stereocenters. The van der Waals surface area contributed by atoms with Crippen molar-refractivity contribution in [3.05, 3.63) is 32.2 Å². The highest BCUT2D eigenvalue weighted by Gasteiger charge is 2.21. The average molecular weight is 378 g/mol. The summed E-state index contributed by atoms with van der Waals surface area (Å²) in [6.07, 6.45) is -0.0151. The SMILES string of the molecule is Cc1nc(-c2c(C)c(C)nn(C)c2=O)sc1C(=O)NCC(C)CC(=O)O. The maximum absolute atomic E-state index is 12.5. The Kier molecular flexibility index (Phi) is 5.91. The predicted molar refractivity (Wildman–Crippen MR) is 98.5 cm³/mol. The summed E-state index contributed by atoms with van der Waals surface area (Å²) in [5.41, 5.74) is 2.19. The molecule has 0 bridgehead atoms. The van der Waals surface area contributed by atoms with Gasteiger partial charge in [-0.25, -0.2) is 9.67 Å². The molecule has 2 heterocycles. The number of hydrogen-bond donors (Lipinski definition) is 2. The second-order valence-corrected chi connectivity index (χ2v) is 7.36. The van der Waals surface area contributed by atoms with Crippen molar-refractivity contribution in [2.75, 3.05) is 6.54 Å². The van der Waals surface area contributed by atoms with Gasteiger partial charge in [0.25, 0.3) is 11.5 Å². The fourth-order valence-electron chi connectivity index (χ4n) is 2.53. The first kappa shape index (κ1) is 19.8. The van der Waals surface area contributed by atoms with Crippen LogP contribution in [0, 0.1) is 26.7 Å². The molecule has 0 spiro atoms. The minimum atomic E-state index is -0.901. The van der Waals surface area contributed by atoms with Gasteiger partial charge in [-0.15, -0.1) is 11.3 Å². The van der Waals surface area contributed by atoms with Gasteiger partial charge in [-0.3, -0.25) is 14.4 Å². The number of aliphatic carboxylic acids is 1. The number of thiazole rings is 1. The molecule has 0 aliphatic rings. The Morgan fingerprint density at radius 1 is 1.27 bits per heavy atom. The Labute approximate surface area is 154 Å². The van der Waals surface area contributed by atoms with Crippen molar-refractivity contribution < 1.29 is 14.7 Å². The lowest BCUT2D eigenvalue weighted by molar-refractivity contribution is -0.137. The monoisotopic (exact) mass is 378 g/mol. The maximum Gasteiger partial charge on any atom is 0.303 e. The number of nitrogens with zero attached hydrogens (tertiary/aromatic N) is 3. The standard InChI is InChI=1S/C17H22N4O4S/c1-8(6-12(22)23)7-18-15(24)14-11(4)19-16(26-14)13-9(2)10(3)20-21(5)17(13)25/h8H,6-7H2,1-5H3,(H,18,24)(H,22,23). The highest BCUT2D eigenvalue weighted by atomic mass is 32.1. The molecule has 0 fully saturated rings. The molecule has 1 unspecified atom stereocenters. The quantitative estimate of drug-likeness (QED) is 0.790. The molecular weight excluding hydrogens is 356 g/mol. The Morgan fingerprint density at radius 2 is 1.92 bits per heavy atom. The number of carboxylic acids is 1. The fourth-order valence-corrected chi connectivity index (χ4v) is 3.61. The first-order valence-electron chi connectivity index (χ1n) is 8.14. The van der Waals surface area contributed by atoms with E-state index in [1.807, 2.05) is 13.8 Å². The van der Waals surface area contributed by atoms with E-state index in [1.165, 1.54) is 4.68 Å². The van der Waals surface area contributed by atoms with Crippen LogP contribution in [0.25, 0.3) is 10.6 Å². The van der Waals surface area contributed by atoms with Crippen LogP contribution in [0.5, 0.6) is 0 Å². The van der Waals surface area contributed by atoms with Crippen molar-refractivity contribution in [3.63, 3.8) is 0 Å². The van der Waals surface area contributed by atoms with Crippen LogP contribution in [0.4, 0.5) is 0 Å². The zero-order valence-electron chi connectivity index (χ0n) is 15.4. The molecule has 0 aromatic carbocycles. The van der Waals surface area contributed by atoms with E-state index in [0.29, 0.717) is 21.1 Å². The first-order chi connectivity index (χ1) is 12.1. The van der Waals surface area contributed by atoms with Gasteiger partial charge < -0.3 is 10.4 Å². The van der Waals surface area contributed by atoms with Gasteiger partial charge in [-0.2, -0.15) is 5.10 Å². The van der Waals surface area contributed by atoms with Gasteiger partial charge in [0.2, 0.25) is 0 Å². The maximum atomic E-state index is 12.5. The van der Waals surface area contributed by atoms with E-state index in [2.05, 4.69) is 15.4 Å². The Morgan fingerprint density at radius 3 is 2.54 bits per heavy atom. The van der Waals surface area contributed by atoms with Crippen LogP contribution in [0.3, 0.4) is 0 Å². The second-order valence-electron chi connectivity index (χ2n) is 6.36. The molecular formula is C17H22N4O4S. The van der Waals surface area contributed by atoms with Crippen LogP contribution in [-0.2, 0) is 11.8 Å². The largest absolute Gasteiger partial charge is 0.481 e. The summed E-state index contributed by atoms with van der Waals surface area (Å²) in [5.74, 6) is -1.40. The number of aryl methyl sites for hydroxylation is 3. The molecule has 0 aliphatic carbocycles. The van der Waals surface area contributed by atoms with Crippen LogP contribution in [0.2, 0.25) is 0 Å². The van der Waals surface area contributed by atoms with Crippen molar-refractivity contribution in [1.82, 2.24) is 20.1 Å². The number of carboxylic acid groups (broad SMARTS) is 1. The van der Waals surface area contributed by atoms with Gasteiger partial charge in [0.15, 0.2) is 0 Å². The van der Waals surface area contributed by atoms with Crippen LogP contribution >= 0.6 is 11.3 Å². The van der Waals surface area contributed by atoms with Crippen molar-refractivity contribution in [3.8, 4) is 10.6 Å². The van der Waals surface area contributed by atoms with Crippen molar-refractivity contribution >= 4 is 23.2 Å². The van der Waals surface area contributed by atoms with E-state index in [0.717, 1.165) is 22.6 Å². The molecule has 0 saturated carbocycles.